The molecule has 0 radical (unpaired) electrons. The minimum atomic E-state index is -1.44. The zero-order valence-electron chi connectivity index (χ0n) is 12.7. The van der Waals surface area contributed by atoms with Crippen molar-refractivity contribution in [1.29, 1.82) is 0 Å². The van der Waals surface area contributed by atoms with Gasteiger partial charge in [-0.2, -0.15) is 0 Å². The maximum atomic E-state index is 12.4. The Morgan fingerprint density at radius 1 is 1.33 bits per heavy atom. The number of carbonyl (C=O) groups excluding carboxylic acids is 1. The summed E-state index contributed by atoms with van der Waals surface area (Å²) >= 11 is 12.3. The lowest BCUT2D eigenvalue weighted by Gasteiger charge is -2.33. The van der Waals surface area contributed by atoms with Gasteiger partial charge in [0.2, 0.25) is 0 Å². The Morgan fingerprint density at radius 2 is 1.90 bits per heavy atom. The lowest BCUT2D eigenvalue weighted by atomic mass is 10.0. The second-order valence-corrected chi connectivity index (χ2v) is 6.80. The van der Waals surface area contributed by atoms with Crippen molar-refractivity contribution in [2.24, 2.45) is 0 Å². The van der Waals surface area contributed by atoms with Crippen LogP contribution in [0.15, 0.2) is 30.3 Å². The highest BCUT2D eigenvalue weighted by Gasteiger charge is 2.38. The Kier molecular flexibility index (Phi) is 6.98. The first-order valence-electron chi connectivity index (χ1n) is 7.19. The monoisotopic (exact) mass is 331 g/mol. The van der Waals surface area contributed by atoms with Gasteiger partial charge < -0.3 is 10.0 Å². The molecule has 5 heteroatoms. The number of alkyl halides is 2. The molecule has 0 saturated heterocycles. The van der Waals surface area contributed by atoms with E-state index in [4.69, 9.17) is 23.2 Å². The summed E-state index contributed by atoms with van der Waals surface area (Å²) in [5.41, 5.74) is 0.757. The van der Waals surface area contributed by atoms with Gasteiger partial charge in [-0.1, -0.05) is 73.3 Å². The SMILES string of the molecule is CCCCC(Cl)(Cl)C(=O)N(C)[C@@H](C)[C@H](O)c1ccccc1. The Labute approximate surface area is 136 Å². The number of unbranched alkanes of at least 4 members (excludes halogenated alkanes) is 1. The minimum Gasteiger partial charge on any atom is -0.386 e. The van der Waals surface area contributed by atoms with Crippen molar-refractivity contribution in [2.75, 3.05) is 7.05 Å². The van der Waals surface area contributed by atoms with E-state index in [1.54, 1.807) is 14.0 Å². The molecule has 0 bridgehead atoms. The van der Waals surface area contributed by atoms with E-state index in [-0.39, 0.29) is 5.91 Å². The third-order valence-corrected chi connectivity index (χ3v) is 4.39. The van der Waals surface area contributed by atoms with Gasteiger partial charge in [-0.05, 0) is 18.9 Å². The summed E-state index contributed by atoms with van der Waals surface area (Å²) in [6.07, 6.45) is 1.32. The van der Waals surface area contributed by atoms with Crippen LogP contribution < -0.4 is 0 Å². The molecule has 0 aromatic heterocycles. The first-order valence-corrected chi connectivity index (χ1v) is 7.95. The summed E-state index contributed by atoms with van der Waals surface area (Å²) in [5, 5.41) is 10.4. The predicted octanol–water partition coefficient (Wildman–Crippen LogP) is 3.93. The van der Waals surface area contributed by atoms with Crippen molar-refractivity contribution in [1.82, 2.24) is 4.90 Å². The summed E-state index contributed by atoms with van der Waals surface area (Å²) in [6.45, 7) is 3.79. The summed E-state index contributed by atoms with van der Waals surface area (Å²) in [7, 11) is 1.62. The molecule has 2 atom stereocenters. The molecular weight excluding hydrogens is 309 g/mol. The topological polar surface area (TPSA) is 40.5 Å². The minimum absolute atomic E-state index is 0.373. The quantitative estimate of drug-likeness (QED) is 0.769. The summed E-state index contributed by atoms with van der Waals surface area (Å²) in [5.74, 6) is -0.373. The zero-order valence-corrected chi connectivity index (χ0v) is 14.2. The Balaban J connectivity index is 2.77. The van der Waals surface area contributed by atoms with Crippen LogP contribution in [0.25, 0.3) is 0 Å². The van der Waals surface area contributed by atoms with E-state index < -0.39 is 16.5 Å². The number of benzene rings is 1. The lowest BCUT2D eigenvalue weighted by Crippen LogP contribution is -2.46. The lowest BCUT2D eigenvalue weighted by molar-refractivity contribution is -0.134. The summed E-state index contributed by atoms with van der Waals surface area (Å²) in [4.78, 5) is 13.8. The van der Waals surface area contributed by atoms with Gasteiger partial charge in [-0.3, -0.25) is 4.79 Å². The molecule has 0 heterocycles. The molecule has 21 heavy (non-hydrogen) atoms. The molecule has 1 aromatic carbocycles. The number of aliphatic hydroxyl groups is 1. The van der Waals surface area contributed by atoms with E-state index in [9.17, 15) is 9.90 Å². The second kappa shape index (κ2) is 8.02. The molecule has 1 N–H and O–H groups in total. The van der Waals surface area contributed by atoms with Crippen molar-refractivity contribution in [2.45, 2.75) is 49.6 Å². The molecule has 1 rings (SSSR count). The normalized spacial score (nSPS) is 14.6. The fourth-order valence-corrected chi connectivity index (χ4v) is 2.62. The maximum Gasteiger partial charge on any atom is 0.259 e. The highest BCUT2D eigenvalue weighted by molar-refractivity contribution is 6.58. The predicted molar refractivity (Wildman–Crippen MR) is 87.6 cm³/mol. The van der Waals surface area contributed by atoms with Crippen molar-refractivity contribution in [3.8, 4) is 0 Å². The van der Waals surface area contributed by atoms with Crippen LogP contribution in [-0.4, -0.2) is 33.3 Å². The summed E-state index contributed by atoms with van der Waals surface area (Å²) < 4.78 is -1.44. The maximum absolute atomic E-state index is 12.4. The van der Waals surface area contributed by atoms with Gasteiger partial charge in [-0.15, -0.1) is 0 Å². The number of likely N-dealkylation sites (N-methyl/N-ethyl adjacent to an activating group) is 1. The average molecular weight is 332 g/mol. The van der Waals surface area contributed by atoms with E-state index in [0.717, 1.165) is 18.4 Å². The van der Waals surface area contributed by atoms with E-state index in [1.807, 2.05) is 37.3 Å². The fourth-order valence-electron chi connectivity index (χ4n) is 2.09. The number of carbonyl (C=O) groups is 1. The van der Waals surface area contributed by atoms with Crippen molar-refractivity contribution < 1.29 is 9.90 Å². The Hall–Kier alpha value is -0.770. The van der Waals surface area contributed by atoms with Crippen LogP contribution in [0.2, 0.25) is 0 Å². The molecule has 0 saturated carbocycles. The molecule has 0 unspecified atom stereocenters. The van der Waals surface area contributed by atoms with E-state index in [2.05, 4.69) is 0 Å². The number of halogens is 2. The van der Waals surface area contributed by atoms with Gasteiger partial charge in [0.15, 0.2) is 4.33 Å². The zero-order chi connectivity index (χ0) is 16.0. The Bertz CT molecular complexity index is 451. The first-order chi connectivity index (χ1) is 9.81. The van der Waals surface area contributed by atoms with Gasteiger partial charge in [0, 0.05) is 7.05 Å². The average Bonchev–Trinajstić information content (AvgIpc) is 2.50. The van der Waals surface area contributed by atoms with Crippen LogP contribution in [0.5, 0.6) is 0 Å². The molecule has 0 aliphatic carbocycles. The van der Waals surface area contributed by atoms with Crippen LogP contribution in [0.1, 0.15) is 44.8 Å². The van der Waals surface area contributed by atoms with Crippen molar-refractivity contribution in [3.05, 3.63) is 35.9 Å². The van der Waals surface area contributed by atoms with Crippen LogP contribution in [0, 0.1) is 0 Å². The number of hydrogen-bond donors (Lipinski definition) is 1. The number of nitrogens with zero attached hydrogens (tertiary/aromatic N) is 1. The van der Waals surface area contributed by atoms with E-state index in [1.165, 1.54) is 4.90 Å². The van der Waals surface area contributed by atoms with Crippen LogP contribution in [0.3, 0.4) is 0 Å². The molecule has 0 fully saturated rings. The molecule has 1 amide bonds. The second-order valence-electron chi connectivity index (χ2n) is 5.32. The number of aliphatic hydroxyl groups excluding tert-OH is 1. The van der Waals surface area contributed by atoms with Crippen LogP contribution >= 0.6 is 23.2 Å². The van der Waals surface area contributed by atoms with Crippen molar-refractivity contribution >= 4 is 29.1 Å². The molecule has 0 aliphatic heterocycles. The third kappa shape index (κ3) is 4.87. The largest absolute Gasteiger partial charge is 0.386 e. The molecule has 3 nitrogen and oxygen atoms in total. The highest BCUT2D eigenvalue weighted by Crippen LogP contribution is 2.31. The first kappa shape index (κ1) is 18.3. The van der Waals surface area contributed by atoms with Gasteiger partial charge in [0.25, 0.3) is 5.91 Å². The molecule has 0 aliphatic rings. The van der Waals surface area contributed by atoms with Crippen LogP contribution in [0.4, 0.5) is 0 Å². The summed E-state index contributed by atoms with van der Waals surface area (Å²) in [6, 6.07) is 8.81. The van der Waals surface area contributed by atoms with Crippen LogP contribution in [-0.2, 0) is 4.79 Å². The van der Waals surface area contributed by atoms with Gasteiger partial charge in [-0.25, -0.2) is 0 Å². The number of hydrogen-bond acceptors (Lipinski definition) is 2. The van der Waals surface area contributed by atoms with Crippen molar-refractivity contribution in [3.63, 3.8) is 0 Å². The van der Waals surface area contributed by atoms with E-state index >= 15 is 0 Å². The third-order valence-electron chi connectivity index (χ3n) is 3.69. The highest BCUT2D eigenvalue weighted by atomic mass is 35.5. The fraction of sp³-hybridized carbons (Fsp3) is 0.562. The number of rotatable bonds is 7. The smallest absolute Gasteiger partial charge is 0.259 e. The molecular formula is C16H23Cl2NO2. The Morgan fingerprint density at radius 3 is 2.43 bits per heavy atom. The molecule has 1 aromatic rings. The van der Waals surface area contributed by atoms with Gasteiger partial charge >= 0.3 is 0 Å². The van der Waals surface area contributed by atoms with E-state index in [0.29, 0.717) is 6.42 Å². The van der Waals surface area contributed by atoms with Gasteiger partial charge in [0.05, 0.1) is 12.1 Å². The number of amides is 1. The molecule has 118 valence electrons. The standard InChI is InChI=1S/C16H23Cl2NO2/c1-4-5-11-16(17,18)15(21)19(3)12(2)14(20)13-9-7-6-8-10-13/h6-10,12,14,20H,4-5,11H2,1-3H3/t12-,14-/m0/s1. The van der Waals surface area contributed by atoms with Gasteiger partial charge in [0.1, 0.15) is 0 Å². The molecule has 0 spiro atoms.